The summed E-state index contributed by atoms with van der Waals surface area (Å²) in [5.41, 5.74) is 0.539. The van der Waals surface area contributed by atoms with Gasteiger partial charge >= 0.3 is 5.97 Å². The molecule has 88 valence electrons. The molecule has 2 N–H and O–H groups in total. The summed E-state index contributed by atoms with van der Waals surface area (Å²) in [4.78, 5) is 14.6. The molecule has 5 heteroatoms. The number of halogens is 1. The van der Waals surface area contributed by atoms with Gasteiger partial charge in [0.1, 0.15) is 5.82 Å². The van der Waals surface area contributed by atoms with Crippen LogP contribution in [0.2, 0.25) is 0 Å². The number of hydrogen-bond donors (Lipinski definition) is 2. The molecule has 0 unspecified atom stereocenters. The lowest BCUT2D eigenvalue weighted by atomic mass is 10.1. The van der Waals surface area contributed by atoms with Crippen LogP contribution in [0, 0.1) is 5.82 Å². The molecule has 1 rings (SSSR count). The van der Waals surface area contributed by atoms with Crippen molar-refractivity contribution >= 4 is 5.97 Å². The number of aliphatic carboxylic acids is 1. The maximum atomic E-state index is 12.7. The summed E-state index contributed by atoms with van der Waals surface area (Å²) in [5.74, 6) is -1.34. The number of hydrogen-bond acceptors (Lipinski definition) is 3. The van der Waals surface area contributed by atoms with E-state index in [1.165, 1.54) is 12.1 Å². The number of carbonyl (C=O) groups is 1. The van der Waals surface area contributed by atoms with Gasteiger partial charge in [-0.1, -0.05) is 13.8 Å². The molecule has 1 aromatic heterocycles. The predicted octanol–water partition coefficient (Wildman–Crippen LogP) is 1.73. The summed E-state index contributed by atoms with van der Waals surface area (Å²) in [5, 5.41) is 11.9. The van der Waals surface area contributed by atoms with Crippen LogP contribution in [0.1, 0.15) is 32.0 Å². The molecule has 0 aliphatic carbocycles. The van der Waals surface area contributed by atoms with E-state index in [0.717, 1.165) is 6.20 Å². The molecule has 0 fully saturated rings. The summed E-state index contributed by atoms with van der Waals surface area (Å²) in [6, 6.07) is 2.52. The van der Waals surface area contributed by atoms with Crippen molar-refractivity contribution in [2.75, 3.05) is 0 Å². The first-order valence-corrected chi connectivity index (χ1v) is 5.08. The highest BCUT2D eigenvalue weighted by atomic mass is 19.1. The average Bonchev–Trinajstić information content (AvgIpc) is 2.16. The van der Waals surface area contributed by atoms with Crippen LogP contribution in [0.15, 0.2) is 18.3 Å². The lowest BCUT2D eigenvalue weighted by Crippen LogP contribution is -2.30. The Balaban J connectivity index is 2.82. The van der Waals surface area contributed by atoms with Gasteiger partial charge in [-0.25, -0.2) is 4.39 Å². The Kier molecular flexibility index (Phi) is 4.37. The van der Waals surface area contributed by atoms with Crippen molar-refractivity contribution in [3.63, 3.8) is 0 Å². The molecule has 0 saturated heterocycles. The van der Waals surface area contributed by atoms with Gasteiger partial charge in [-0.15, -0.1) is 0 Å². The highest BCUT2D eigenvalue weighted by Gasteiger charge is 2.17. The molecule has 0 amide bonds. The second-order valence-corrected chi connectivity index (χ2v) is 3.87. The predicted molar refractivity (Wildman–Crippen MR) is 57.5 cm³/mol. The fraction of sp³-hybridized carbons (Fsp3) is 0.455. The maximum absolute atomic E-state index is 12.7. The van der Waals surface area contributed by atoms with Gasteiger partial charge in [-0.3, -0.25) is 9.78 Å². The lowest BCUT2D eigenvalue weighted by molar-refractivity contribution is -0.137. The van der Waals surface area contributed by atoms with Crippen LogP contribution >= 0.6 is 0 Å². The van der Waals surface area contributed by atoms with Crippen molar-refractivity contribution in [2.24, 2.45) is 0 Å². The van der Waals surface area contributed by atoms with Gasteiger partial charge in [-0.05, 0) is 12.1 Å². The van der Waals surface area contributed by atoms with Crippen LogP contribution < -0.4 is 5.32 Å². The Morgan fingerprint density at radius 1 is 1.56 bits per heavy atom. The first kappa shape index (κ1) is 12.6. The van der Waals surface area contributed by atoms with Crippen LogP contribution in [0.25, 0.3) is 0 Å². The molecular formula is C11H15FN2O2. The standard InChI is InChI=1S/C11H15FN2O2/c1-7(2)14-10(5-11(15)16)9-4-3-8(12)6-13-9/h3-4,6-7,10,14H,5H2,1-2H3,(H,15,16)/t10-/m1/s1. The summed E-state index contributed by atoms with van der Waals surface area (Å²) in [6.07, 6.45) is 1.02. The summed E-state index contributed by atoms with van der Waals surface area (Å²) in [6.45, 7) is 3.83. The quantitative estimate of drug-likeness (QED) is 0.802. The monoisotopic (exact) mass is 226 g/mol. The zero-order chi connectivity index (χ0) is 12.1. The van der Waals surface area contributed by atoms with E-state index >= 15 is 0 Å². The first-order valence-electron chi connectivity index (χ1n) is 5.08. The van der Waals surface area contributed by atoms with Gasteiger partial charge in [0.15, 0.2) is 0 Å². The van der Waals surface area contributed by atoms with Crippen molar-refractivity contribution in [2.45, 2.75) is 32.4 Å². The van der Waals surface area contributed by atoms with Crippen molar-refractivity contribution in [3.8, 4) is 0 Å². The lowest BCUT2D eigenvalue weighted by Gasteiger charge is -2.18. The molecule has 16 heavy (non-hydrogen) atoms. The fourth-order valence-electron chi connectivity index (χ4n) is 1.42. The molecule has 0 spiro atoms. The summed E-state index contributed by atoms with van der Waals surface area (Å²) < 4.78 is 12.7. The van der Waals surface area contributed by atoms with E-state index in [1.807, 2.05) is 13.8 Å². The number of nitrogens with one attached hydrogen (secondary N) is 1. The van der Waals surface area contributed by atoms with Gasteiger partial charge in [0.2, 0.25) is 0 Å². The molecule has 0 bridgehead atoms. The fourth-order valence-corrected chi connectivity index (χ4v) is 1.42. The zero-order valence-electron chi connectivity index (χ0n) is 9.27. The Morgan fingerprint density at radius 3 is 2.69 bits per heavy atom. The molecule has 0 saturated carbocycles. The van der Waals surface area contributed by atoms with E-state index in [9.17, 15) is 9.18 Å². The number of nitrogens with zero attached hydrogens (tertiary/aromatic N) is 1. The highest BCUT2D eigenvalue weighted by Crippen LogP contribution is 2.15. The van der Waals surface area contributed by atoms with Gasteiger partial charge in [0.25, 0.3) is 0 Å². The third kappa shape index (κ3) is 3.94. The van der Waals surface area contributed by atoms with Gasteiger partial charge in [0.05, 0.1) is 24.4 Å². The van der Waals surface area contributed by atoms with Gasteiger partial charge in [0, 0.05) is 6.04 Å². The van der Waals surface area contributed by atoms with E-state index in [4.69, 9.17) is 5.11 Å². The van der Waals surface area contributed by atoms with Crippen molar-refractivity contribution in [1.82, 2.24) is 10.3 Å². The second kappa shape index (κ2) is 5.55. The Labute approximate surface area is 93.5 Å². The third-order valence-electron chi connectivity index (χ3n) is 2.02. The number of carboxylic acid groups (broad SMARTS) is 1. The largest absolute Gasteiger partial charge is 0.481 e. The van der Waals surface area contributed by atoms with Gasteiger partial charge < -0.3 is 10.4 Å². The summed E-state index contributed by atoms with van der Waals surface area (Å²) in [7, 11) is 0. The number of pyridine rings is 1. The summed E-state index contributed by atoms with van der Waals surface area (Å²) >= 11 is 0. The van der Waals surface area contributed by atoms with Crippen molar-refractivity contribution in [3.05, 3.63) is 29.8 Å². The van der Waals surface area contributed by atoms with Crippen molar-refractivity contribution < 1.29 is 14.3 Å². The van der Waals surface area contributed by atoms with Crippen LogP contribution in [0.3, 0.4) is 0 Å². The molecule has 1 atom stereocenters. The average molecular weight is 226 g/mol. The molecule has 0 aliphatic rings. The second-order valence-electron chi connectivity index (χ2n) is 3.87. The number of rotatable bonds is 5. The van der Waals surface area contributed by atoms with E-state index < -0.39 is 17.8 Å². The Hall–Kier alpha value is -1.49. The zero-order valence-corrected chi connectivity index (χ0v) is 9.27. The molecule has 1 aromatic rings. The van der Waals surface area contributed by atoms with E-state index in [-0.39, 0.29) is 12.5 Å². The van der Waals surface area contributed by atoms with Gasteiger partial charge in [-0.2, -0.15) is 0 Å². The molecule has 0 radical (unpaired) electrons. The molecular weight excluding hydrogens is 211 g/mol. The minimum atomic E-state index is -0.913. The van der Waals surface area contributed by atoms with Crippen LogP contribution in [-0.2, 0) is 4.79 Å². The molecule has 0 aromatic carbocycles. The minimum absolute atomic E-state index is 0.0726. The number of aromatic nitrogens is 1. The minimum Gasteiger partial charge on any atom is -0.481 e. The smallest absolute Gasteiger partial charge is 0.305 e. The Bertz CT molecular complexity index is 352. The Morgan fingerprint density at radius 2 is 2.25 bits per heavy atom. The normalized spacial score (nSPS) is 12.8. The van der Waals surface area contributed by atoms with Crippen LogP contribution in [0.5, 0.6) is 0 Å². The van der Waals surface area contributed by atoms with Crippen molar-refractivity contribution in [1.29, 1.82) is 0 Å². The first-order chi connectivity index (χ1) is 7.49. The maximum Gasteiger partial charge on any atom is 0.305 e. The van der Waals surface area contributed by atoms with E-state index in [0.29, 0.717) is 5.69 Å². The highest BCUT2D eigenvalue weighted by molar-refractivity contribution is 5.67. The van der Waals surface area contributed by atoms with E-state index in [2.05, 4.69) is 10.3 Å². The topological polar surface area (TPSA) is 62.2 Å². The molecule has 0 aliphatic heterocycles. The van der Waals surface area contributed by atoms with Crippen LogP contribution in [0.4, 0.5) is 4.39 Å². The molecule has 4 nitrogen and oxygen atoms in total. The van der Waals surface area contributed by atoms with Crippen LogP contribution in [-0.4, -0.2) is 22.1 Å². The number of carboxylic acids is 1. The third-order valence-corrected chi connectivity index (χ3v) is 2.02. The SMILES string of the molecule is CC(C)N[C@H](CC(=O)O)c1ccc(F)cn1. The van der Waals surface area contributed by atoms with E-state index in [1.54, 1.807) is 0 Å². The molecule has 1 heterocycles.